The van der Waals surface area contributed by atoms with Gasteiger partial charge in [-0.3, -0.25) is 19.4 Å². The lowest BCUT2D eigenvalue weighted by atomic mass is 10.2. The Hall–Kier alpha value is -4.13. The number of rotatable bonds is 7. The van der Waals surface area contributed by atoms with E-state index in [9.17, 15) is 14.4 Å². The van der Waals surface area contributed by atoms with Crippen LogP contribution in [0.1, 0.15) is 18.1 Å². The maximum Gasteiger partial charge on any atom is 0.332 e. The number of nitrogens with one attached hydrogen (secondary N) is 1. The van der Waals surface area contributed by atoms with E-state index >= 15 is 0 Å². The van der Waals surface area contributed by atoms with E-state index in [2.05, 4.69) is 5.32 Å². The molecule has 1 N–H and O–H groups in total. The molecule has 1 heterocycles. The highest BCUT2D eigenvalue weighted by Gasteiger charge is 2.44. The van der Waals surface area contributed by atoms with Gasteiger partial charge in [0, 0.05) is 11.4 Å². The minimum absolute atomic E-state index is 0.351. The molecule has 0 bridgehead atoms. The van der Waals surface area contributed by atoms with Crippen LogP contribution in [0.2, 0.25) is 0 Å². The average molecular weight is 444 g/mol. The Morgan fingerprint density at radius 3 is 2.27 bits per heavy atom. The van der Waals surface area contributed by atoms with E-state index in [4.69, 9.17) is 4.74 Å². The smallest absolute Gasteiger partial charge is 0.332 e. The van der Waals surface area contributed by atoms with Crippen LogP contribution in [-0.2, 0) is 16.2 Å². The second kappa shape index (κ2) is 9.56. The van der Waals surface area contributed by atoms with Crippen molar-refractivity contribution in [1.29, 1.82) is 0 Å². The quantitative estimate of drug-likeness (QED) is 0.550. The van der Waals surface area contributed by atoms with Crippen molar-refractivity contribution in [3.8, 4) is 5.75 Å². The molecular weight excluding hydrogens is 418 g/mol. The van der Waals surface area contributed by atoms with Crippen LogP contribution >= 0.6 is 0 Å². The van der Waals surface area contributed by atoms with Crippen LogP contribution < -0.4 is 15.0 Å². The van der Waals surface area contributed by atoms with Crippen molar-refractivity contribution >= 4 is 29.2 Å². The highest BCUT2D eigenvalue weighted by atomic mass is 16.5. The van der Waals surface area contributed by atoms with Crippen LogP contribution in [0, 0.1) is 6.92 Å². The highest BCUT2D eigenvalue weighted by Crippen LogP contribution is 2.26. The zero-order valence-corrected chi connectivity index (χ0v) is 18.5. The summed E-state index contributed by atoms with van der Waals surface area (Å²) in [6.45, 7) is 3.70. The number of carbonyl (C=O) groups is 3. The van der Waals surface area contributed by atoms with Crippen LogP contribution in [0.25, 0.3) is 0 Å². The maximum absolute atomic E-state index is 12.9. The van der Waals surface area contributed by atoms with Gasteiger partial charge in [-0.2, -0.15) is 0 Å². The number of imide groups is 1. The normalized spacial score (nSPS) is 15.6. The van der Waals surface area contributed by atoms with Crippen LogP contribution in [-0.4, -0.2) is 35.3 Å². The monoisotopic (exact) mass is 443 g/mol. The second-order valence-corrected chi connectivity index (χ2v) is 7.94. The summed E-state index contributed by atoms with van der Waals surface area (Å²) in [4.78, 5) is 40.5. The van der Waals surface area contributed by atoms with Gasteiger partial charge in [0.2, 0.25) is 5.91 Å². The fourth-order valence-corrected chi connectivity index (χ4v) is 3.63. The highest BCUT2D eigenvalue weighted by molar-refractivity contribution is 6.16. The summed E-state index contributed by atoms with van der Waals surface area (Å²) in [6.07, 6.45) is 0. The number of carbonyl (C=O) groups excluding carboxylic acids is 3. The molecule has 0 aromatic heterocycles. The van der Waals surface area contributed by atoms with E-state index in [-0.39, 0.29) is 6.54 Å². The molecule has 168 valence electrons. The predicted octanol–water partition coefficient (Wildman–Crippen LogP) is 4.37. The molecule has 0 spiro atoms. The van der Waals surface area contributed by atoms with Crippen molar-refractivity contribution in [3.63, 3.8) is 0 Å². The summed E-state index contributed by atoms with van der Waals surface area (Å²) in [5.41, 5.74) is 3.29. The van der Waals surface area contributed by atoms with E-state index in [1.165, 1.54) is 4.90 Å². The minimum atomic E-state index is -0.672. The molecule has 7 nitrogen and oxygen atoms in total. The molecule has 33 heavy (non-hydrogen) atoms. The Morgan fingerprint density at radius 2 is 1.61 bits per heavy atom. The van der Waals surface area contributed by atoms with Crippen molar-refractivity contribution in [3.05, 3.63) is 90.0 Å². The molecule has 4 amide bonds. The third-order valence-electron chi connectivity index (χ3n) is 5.45. The first-order valence-electron chi connectivity index (χ1n) is 10.7. The Bertz CT molecular complexity index is 1140. The molecule has 1 unspecified atom stereocenters. The predicted molar refractivity (Wildman–Crippen MR) is 126 cm³/mol. The summed E-state index contributed by atoms with van der Waals surface area (Å²) >= 11 is 0. The Balaban J connectivity index is 1.34. The van der Waals surface area contributed by atoms with Crippen molar-refractivity contribution < 1.29 is 19.1 Å². The molecule has 1 saturated heterocycles. The number of benzene rings is 3. The van der Waals surface area contributed by atoms with Crippen LogP contribution in [0.15, 0.2) is 78.9 Å². The molecule has 1 fully saturated rings. The summed E-state index contributed by atoms with van der Waals surface area (Å²) < 4.78 is 5.74. The minimum Gasteiger partial charge on any atom is -0.489 e. The molecule has 1 aliphatic rings. The van der Waals surface area contributed by atoms with Crippen LogP contribution in [0.5, 0.6) is 5.75 Å². The van der Waals surface area contributed by atoms with Gasteiger partial charge >= 0.3 is 6.03 Å². The fraction of sp³-hybridized carbons (Fsp3) is 0.192. The van der Waals surface area contributed by atoms with E-state index in [1.54, 1.807) is 43.3 Å². The van der Waals surface area contributed by atoms with E-state index < -0.39 is 23.9 Å². The maximum atomic E-state index is 12.9. The lowest BCUT2D eigenvalue weighted by Gasteiger charge is -2.19. The summed E-state index contributed by atoms with van der Waals surface area (Å²) in [5.74, 6) is -0.183. The van der Waals surface area contributed by atoms with Gasteiger partial charge < -0.3 is 10.1 Å². The number of nitrogens with zero attached hydrogens (tertiary/aromatic N) is 2. The zero-order valence-electron chi connectivity index (χ0n) is 18.5. The van der Waals surface area contributed by atoms with Gasteiger partial charge in [0.25, 0.3) is 5.91 Å². The summed E-state index contributed by atoms with van der Waals surface area (Å²) in [7, 11) is 0. The molecule has 3 aromatic rings. The summed E-state index contributed by atoms with van der Waals surface area (Å²) in [5, 5.41) is 2.73. The largest absolute Gasteiger partial charge is 0.489 e. The first-order valence-corrected chi connectivity index (χ1v) is 10.7. The third kappa shape index (κ3) is 5.03. The number of amides is 4. The molecule has 3 aromatic carbocycles. The van der Waals surface area contributed by atoms with Gasteiger partial charge in [0.05, 0.1) is 0 Å². The molecule has 0 aliphatic carbocycles. The number of anilines is 2. The molecule has 1 atom stereocenters. The number of urea groups is 1. The molecule has 4 rings (SSSR count). The first-order chi connectivity index (χ1) is 15.9. The van der Waals surface area contributed by atoms with E-state index in [0.717, 1.165) is 16.0 Å². The SMILES string of the molecule is Cc1ccc(N2C(=O)N(CC(=O)Nc3ccc(OCc4ccccc4)cc3)C(=O)C2C)cc1. The van der Waals surface area contributed by atoms with Gasteiger partial charge in [-0.15, -0.1) is 0 Å². The molecule has 1 aliphatic heterocycles. The number of ether oxygens (including phenoxy) is 1. The van der Waals surface area contributed by atoms with Gasteiger partial charge in [0.1, 0.15) is 24.9 Å². The lowest BCUT2D eigenvalue weighted by molar-refractivity contribution is -0.130. The van der Waals surface area contributed by atoms with E-state index in [1.807, 2.05) is 49.4 Å². The molecule has 7 heteroatoms. The van der Waals surface area contributed by atoms with Gasteiger partial charge in [0.15, 0.2) is 0 Å². The summed E-state index contributed by atoms with van der Waals surface area (Å²) in [6, 6.07) is 22.9. The van der Waals surface area contributed by atoms with Gasteiger partial charge in [-0.1, -0.05) is 48.0 Å². The third-order valence-corrected chi connectivity index (χ3v) is 5.45. The molecule has 0 saturated carbocycles. The topological polar surface area (TPSA) is 79.0 Å². The van der Waals surface area contributed by atoms with Gasteiger partial charge in [-0.25, -0.2) is 4.79 Å². The lowest BCUT2D eigenvalue weighted by Crippen LogP contribution is -2.39. The average Bonchev–Trinajstić information content (AvgIpc) is 3.03. The Kier molecular flexibility index (Phi) is 6.40. The number of hydrogen-bond acceptors (Lipinski definition) is 4. The Morgan fingerprint density at radius 1 is 0.939 bits per heavy atom. The van der Waals surface area contributed by atoms with E-state index in [0.29, 0.717) is 23.7 Å². The second-order valence-electron chi connectivity index (χ2n) is 7.94. The standard InChI is InChI=1S/C26H25N3O4/c1-18-8-12-22(13-9-18)29-19(2)25(31)28(26(29)32)16-24(30)27-21-10-14-23(15-11-21)33-17-20-6-4-3-5-7-20/h3-15,19H,16-17H2,1-2H3,(H,27,30). The molecule has 0 radical (unpaired) electrons. The van der Waals surface area contributed by atoms with Crippen molar-refractivity contribution in [2.75, 3.05) is 16.8 Å². The van der Waals surface area contributed by atoms with Gasteiger partial charge in [-0.05, 0) is 55.8 Å². The van der Waals surface area contributed by atoms with Crippen LogP contribution in [0.4, 0.5) is 16.2 Å². The fourth-order valence-electron chi connectivity index (χ4n) is 3.63. The van der Waals surface area contributed by atoms with Crippen LogP contribution in [0.3, 0.4) is 0 Å². The van der Waals surface area contributed by atoms with Crippen molar-refractivity contribution in [2.45, 2.75) is 26.5 Å². The number of hydrogen-bond donors (Lipinski definition) is 1. The van der Waals surface area contributed by atoms with Crippen molar-refractivity contribution in [1.82, 2.24) is 4.90 Å². The molecular formula is C26H25N3O4. The number of aryl methyl sites for hydroxylation is 1. The zero-order chi connectivity index (χ0) is 23.4. The first kappa shape index (κ1) is 22.1. The van der Waals surface area contributed by atoms with Crippen molar-refractivity contribution in [2.24, 2.45) is 0 Å². The Labute approximate surface area is 192 Å².